The molecule has 1 N–H and O–H groups in total. The number of hydrazine groups is 1. The van der Waals surface area contributed by atoms with Crippen LogP contribution in [0.1, 0.15) is 15.9 Å². The van der Waals surface area contributed by atoms with Crippen LogP contribution >= 0.6 is 23.2 Å². The number of fused-ring (bicyclic) bond motifs is 1. The predicted molar refractivity (Wildman–Crippen MR) is 87.8 cm³/mol. The van der Waals surface area contributed by atoms with Gasteiger partial charge in [-0.25, -0.2) is 9.97 Å². The van der Waals surface area contributed by atoms with Crippen molar-refractivity contribution in [1.82, 2.24) is 15.4 Å². The van der Waals surface area contributed by atoms with Gasteiger partial charge in [-0.2, -0.15) is 0 Å². The van der Waals surface area contributed by atoms with E-state index in [1.165, 1.54) is 6.33 Å². The zero-order valence-electron chi connectivity index (χ0n) is 12.1. The van der Waals surface area contributed by atoms with Crippen LogP contribution in [-0.4, -0.2) is 23.0 Å². The molecule has 1 aliphatic rings. The molecule has 0 saturated carbocycles. The van der Waals surface area contributed by atoms with E-state index in [-0.39, 0.29) is 15.9 Å². The van der Waals surface area contributed by atoms with Crippen LogP contribution in [0.2, 0.25) is 10.3 Å². The smallest absolute Gasteiger partial charge is 0.276 e. The number of aromatic nitrogens is 2. The lowest BCUT2D eigenvalue weighted by Gasteiger charge is -2.28. The molecule has 1 aliphatic heterocycles. The molecule has 0 saturated heterocycles. The number of carbonyl (C=O) groups excluding carboxylic acids is 1. The molecule has 2 aromatic rings. The minimum Gasteiger partial charge on any atom is -0.494 e. The first-order chi connectivity index (χ1) is 11.1. The first-order valence-corrected chi connectivity index (χ1v) is 7.46. The maximum atomic E-state index is 12.5. The summed E-state index contributed by atoms with van der Waals surface area (Å²) in [7, 11) is 1.58. The van der Waals surface area contributed by atoms with E-state index in [2.05, 4.69) is 15.4 Å². The van der Waals surface area contributed by atoms with Crippen molar-refractivity contribution in [3.63, 3.8) is 0 Å². The van der Waals surface area contributed by atoms with E-state index in [0.29, 0.717) is 5.75 Å². The Balaban J connectivity index is 1.94. The van der Waals surface area contributed by atoms with E-state index in [0.717, 1.165) is 17.7 Å². The minimum atomic E-state index is -0.510. The zero-order chi connectivity index (χ0) is 16.4. The molecule has 1 amide bonds. The van der Waals surface area contributed by atoms with Gasteiger partial charge in [-0.3, -0.25) is 15.2 Å². The van der Waals surface area contributed by atoms with Crippen molar-refractivity contribution in [2.45, 2.75) is 6.42 Å². The normalized spacial score (nSPS) is 12.7. The standard InChI is InChI=1S/C15H12Cl2N4O2/c1-23-10-6-2-4-9-5-3-7-21(12(9)10)20-15(22)11-13(16)18-8-19-14(11)17/h2-4,6-8H,5H2,1H3,(H,20,22). The van der Waals surface area contributed by atoms with Crippen LogP contribution in [0, 0.1) is 0 Å². The van der Waals surface area contributed by atoms with Gasteiger partial charge < -0.3 is 4.74 Å². The SMILES string of the molecule is COc1cccc2c1N(NC(=O)c1c(Cl)ncnc1Cl)C=CC2. The van der Waals surface area contributed by atoms with Crippen LogP contribution in [0.4, 0.5) is 5.69 Å². The molecule has 0 unspecified atom stereocenters. The highest BCUT2D eigenvalue weighted by molar-refractivity contribution is 6.38. The van der Waals surface area contributed by atoms with Crippen molar-refractivity contribution < 1.29 is 9.53 Å². The predicted octanol–water partition coefficient (Wildman–Crippen LogP) is 3.01. The molecule has 3 rings (SSSR count). The van der Waals surface area contributed by atoms with E-state index < -0.39 is 5.91 Å². The number of hydrogen-bond donors (Lipinski definition) is 1. The summed E-state index contributed by atoms with van der Waals surface area (Å²) in [5.74, 6) is 0.137. The van der Waals surface area contributed by atoms with Crippen molar-refractivity contribution in [3.05, 3.63) is 58.2 Å². The molecule has 6 nitrogen and oxygen atoms in total. The quantitative estimate of drug-likeness (QED) is 0.861. The van der Waals surface area contributed by atoms with Gasteiger partial charge in [0.15, 0.2) is 0 Å². The van der Waals surface area contributed by atoms with Gasteiger partial charge in [0, 0.05) is 6.20 Å². The molecule has 1 aromatic heterocycles. The summed E-state index contributed by atoms with van der Waals surface area (Å²) in [5, 5.41) is 1.55. The third-order valence-electron chi connectivity index (χ3n) is 3.34. The molecule has 0 aliphatic carbocycles. The Hall–Kier alpha value is -2.31. The summed E-state index contributed by atoms with van der Waals surface area (Å²) >= 11 is 11.9. The van der Waals surface area contributed by atoms with Gasteiger partial charge in [0.05, 0.1) is 7.11 Å². The molecule has 0 bridgehead atoms. The van der Waals surface area contributed by atoms with E-state index >= 15 is 0 Å². The number of methoxy groups -OCH3 is 1. The fourth-order valence-corrected chi connectivity index (χ4v) is 2.81. The molecule has 118 valence electrons. The monoisotopic (exact) mass is 350 g/mol. The van der Waals surface area contributed by atoms with E-state index in [4.69, 9.17) is 27.9 Å². The summed E-state index contributed by atoms with van der Waals surface area (Å²) in [4.78, 5) is 20.0. The van der Waals surface area contributed by atoms with Gasteiger partial charge in [0.25, 0.3) is 5.91 Å². The van der Waals surface area contributed by atoms with Crippen molar-refractivity contribution in [2.75, 3.05) is 12.1 Å². The first kappa shape index (κ1) is 15.6. The Kier molecular flexibility index (Phi) is 4.36. The molecule has 0 spiro atoms. The third-order valence-corrected chi connectivity index (χ3v) is 3.91. The number of ether oxygens (including phenoxy) is 1. The van der Waals surface area contributed by atoms with Crippen LogP contribution in [0.15, 0.2) is 36.8 Å². The van der Waals surface area contributed by atoms with Gasteiger partial charge in [-0.05, 0) is 18.1 Å². The van der Waals surface area contributed by atoms with Gasteiger partial charge in [0.2, 0.25) is 0 Å². The van der Waals surface area contributed by atoms with Gasteiger partial charge in [-0.1, -0.05) is 41.4 Å². The Morgan fingerprint density at radius 2 is 2.04 bits per heavy atom. The lowest BCUT2D eigenvalue weighted by Crippen LogP contribution is -2.40. The Morgan fingerprint density at radius 1 is 1.30 bits per heavy atom. The fraction of sp³-hybridized carbons (Fsp3) is 0.133. The summed E-state index contributed by atoms with van der Waals surface area (Å²) in [6.45, 7) is 0. The average molecular weight is 351 g/mol. The van der Waals surface area contributed by atoms with Crippen molar-refractivity contribution >= 4 is 34.8 Å². The van der Waals surface area contributed by atoms with Gasteiger partial charge >= 0.3 is 0 Å². The molecule has 0 atom stereocenters. The maximum Gasteiger partial charge on any atom is 0.276 e. The average Bonchev–Trinajstić information content (AvgIpc) is 2.54. The number of benzene rings is 1. The summed E-state index contributed by atoms with van der Waals surface area (Å²) in [5.41, 5.74) is 4.53. The number of halogens is 2. The Labute approximate surface area is 142 Å². The third kappa shape index (κ3) is 2.95. The van der Waals surface area contributed by atoms with Crippen molar-refractivity contribution in [3.8, 4) is 5.75 Å². The molecule has 2 heterocycles. The summed E-state index contributed by atoms with van der Waals surface area (Å²) < 4.78 is 5.37. The molecule has 23 heavy (non-hydrogen) atoms. The van der Waals surface area contributed by atoms with E-state index in [1.54, 1.807) is 18.3 Å². The highest BCUT2D eigenvalue weighted by Crippen LogP contribution is 2.34. The number of nitrogens with one attached hydrogen (secondary N) is 1. The fourth-order valence-electron chi connectivity index (χ4n) is 2.32. The summed E-state index contributed by atoms with van der Waals surface area (Å²) in [6, 6.07) is 5.68. The Bertz CT molecular complexity index is 775. The lowest BCUT2D eigenvalue weighted by atomic mass is 10.1. The number of nitrogens with zero attached hydrogens (tertiary/aromatic N) is 3. The van der Waals surface area contributed by atoms with Crippen LogP contribution < -0.4 is 15.2 Å². The highest BCUT2D eigenvalue weighted by atomic mass is 35.5. The zero-order valence-corrected chi connectivity index (χ0v) is 13.6. The van der Waals surface area contributed by atoms with E-state index in [9.17, 15) is 4.79 Å². The molecular formula is C15H12Cl2N4O2. The van der Waals surface area contributed by atoms with Gasteiger partial charge in [0.1, 0.15) is 33.6 Å². The minimum absolute atomic E-state index is 0.0104. The number of amides is 1. The molecular weight excluding hydrogens is 339 g/mol. The second-order valence-corrected chi connectivity index (χ2v) is 5.41. The Morgan fingerprint density at radius 3 is 2.74 bits per heavy atom. The van der Waals surface area contributed by atoms with Crippen molar-refractivity contribution in [2.24, 2.45) is 0 Å². The number of anilines is 1. The number of carbonyl (C=O) groups is 1. The number of hydrogen-bond acceptors (Lipinski definition) is 5. The lowest BCUT2D eigenvalue weighted by molar-refractivity contribution is 0.0952. The number of rotatable bonds is 3. The second kappa shape index (κ2) is 6.44. The second-order valence-electron chi connectivity index (χ2n) is 4.70. The maximum absolute atomic E-state index is 12.5. The topological polar surface area (TPSA) is 67.3 Å². The summed E-state index contributed by atoms with van der Waals surface area (Å²) in [6.07, 6.45) is 5.61. The number of para-hydroxylation sites is 1. The molecule has 0 radical (unpaired) electrons. The molecule has 0 fully saturated rings. The number of allylic oxidation sites excluding steroid dienone is 1. The highest BCUT2D eigenvalue weighted by Gasteiger charge is 2.23. The molecule has 8 heteroatoms. The largest absolute Gasteiger partial charge is 0.494 e. The van der Waals surface area contributed by atoms with E-state index in [1.807, 2.05) is 24.3 Å². The van der Waals surface area contributed by atoms with Crippen molar-refractivity contribution in [1.29, 1.82) is 0 Å². The van der Waals surface area contributed by atoms with Crippen LogP contribution in [0.25, 0.3) is 0 Å². The van der Waals surface area contributed by atoms with Gasteiger partial charge in [-0.15, -0.1) is 0 Å². The van der Waals surface area contributed by atoms with Crippen LogP contribution in [0.5, 0.6) is 5.75 Å². The van der Waals surface area contributed by atoms with Crippen LogP contribution in [-0.2, 0) is 6.42 Å². The first-order valence-electron chi connectivity index (χ1n) is 6.70. The molecule has 1 aromatic carbocycles. The van der Waals surface area contributed by atoms with Crippen LogP contribution in [0.3, 0.4) is 0 Å².